The number of anilines is 2. The Kier molecular flexibility index (Phi) is 5.67. The predicted molar refractivity (Wildman–Crippen MR) is 90.9 cm³/mol. The molecule has 6 nitrogen and oxygen atoms in total. The fraction of sp³-hybridized carbons (Fsp3) is 0.765. The summed E-state index contributed by atoms with van der Waals surface area (Å²) < 4.78 is 5.70. The van der Waals surface area contributed by atoms with Crippen LogP contribution in [0.3, 0.4) is 0 Å². The van der Waals surface area contributed by atoms with Gasteiger partial charge in [-0.1, -0.05) is 6.92 Å². The van der Waals surface area contributed by atoms with Crippen molar-refractivity contribution in [2.24, 2.45) is 5.92 Å². The van der Waals surface area contributed by atoms with Gasteiger partial charge in [-0.2, -0.15) is 0 Å². The smallest absolute Gasteiger partial charge is 0.134 e. The molecule has 2 fully saturated rings. The van der Waals surface area contributed by atoms with Crippen molar-refractivity contribution < 1.29 is 9.84 Å². The zero-order chi connectivity index (χ0) is 16.1. The highest BCUT2D eigenvalue weighted by Gasteiger charge is 2.23. The Hall–Kier alpha value is -1.40. The summed E-state index contributed by atoms with van der Waals surface area (Å²) in [6.45, 7) is 6.82. The Morgan fingerprint density at radius 1 is 1.13 bits per heavy atom. The van der Waals surface area contributed by atoms with E-state index >= 15 is 0 Å². The van der Waals surface area contributed by atoms with Crippen molar-refractivity contribution >= 4 is 11.6 Å². The average molecular weight is 320 g/mol. The number of hydrogen-bond donors (Lipinski definition) is 1. The molecule has 3 rings (SSSR count). The molecule has 23 heavy (non-hydrogen) atoms. The lowest BCUT2D eigenvalue weighted by Crippen LogP contribution is -2.41. The molecule has 3 heterocycles. The summed E-state index contributed by atoms with van der Waals surface area (Å²) in [6, 6.07) is 2.12. The monoisotopic (exact) mass is 320 g/mol. The van der Waals surface area contributed by atoms with Crippen LogP contribution >= 0.6 is 0 Å². The van der Waals surface area contributed by atoms with E-state index in [9.17, 15) is 0 Å². The van der Waals surface area contributed by atoms with E-state index in [2.05, 4.69) is 32.8 Å². The van der Waals surface area contributed by atoms with E-state index in [1.54, 1.807) is 6.33 Å². The van der Waals surface area contributed by atoms with E-state index in [1.807, 2.05) is 0 Å². The number of ether oxygens (including phenoxy) is 1. The van der Waals surface area contributed by atoms with Crippen molar-refractivity contribution in [1.82, 2.24) is 9.97 Å². The lowest BCUT2D eigenvalue weighted by molar-refractivity contribution is 0.0213. The molecule has 0 radical (unpaired) electrons. The van der Waals surface area contributed by atoms with Gasteiger partial charge in [-0.05, 0) is 31.6 Å². The number of piperidine rings is 2. The van der Waals surface area contributed by atoms with E-state index in [4.69, 9.17) is 9.84 Å². The molecule has 0 amide bonds. The minimum Gasteiger partial charge on any atom is -0.394 e. The van der Waals surface area contributed by atoms with Crippen molar-refractivity contribution in [3.63, 3.8) is 0 Å². The molecule has 1 aromatic heterocycles. The van der Waals surface area contributed by atoms with Crippen LogP contribution in [-0.2, 0) is 4.74 Å². The van der Waals surface area contributed by atoms with Gasteiger partial charge in [0.2, 0.25) is 0 Å². The summed E-state index contributed by atoms with van der Waals surface area (Å²) in [6.07, 6.45) is 6.56. The molecule has 6 heteroatoms. The number of aliphatic hydroxyl groups is 1. The molecular formula is C17H28N4O2. The van der Waals surface area contributed by atoms with Crippen LogP contribution in [-0.4, -0.2) is 60.6 Å². The van der Waals surface area contributed by atoms with Crippen LogP contribution in [0.15, 0.2) is 12.4 Å². The van der Waals surface area contributed by atoms with Crippen LogP contribution in [0, 0.1) is 5.92 Å². The molecule has 1 N–H and O–H groups in total. The lowest BCUT2D eigenvalue weighted by Gasteiger charge is -2.35. The highest BCUT2D eigenvalue weighted by Crippen LogP contribution is 2.25. The molecule has 0 aliphatic carbocycles. The Labute approximate surface area is 138 Å². The second kappa shape index (κ2) is 7.93. The largest absolute Gasteiger partial charge is 0.394 e. The van der Waals surface area contributed by atoms with E-state index in [-0.39, 0.29) is 12.7 Å². The van der Waals surface area contributed by atoms with Crippen molar-refractivity contribution in [1.29, 1.82) is 0 Å². The maximum Gasteiger partial charge on any atom is 0.134 e. The summed E-state index contributed by atoms with van der Waals surface area (Å²) in [5.74, 6) is 2.76. The van der Waals surface area contributed by atoms with Gasteiger partial charge in [0, 0.05) is 32.2 Å². The van der Waals surface area contributed by atoms with Gasteiger partial charge in [-0.3, -0.25) is 0 Å². The first-order valence-corrected chi connectivity index (χ1v) is 8.80. The number of rotatable bonds is 5. The normalized spacial score (nSPS) is 25.7. The van der Waals surface area contributed by atoms with Crippen molar-refractivity contribution in [3.05, 3.63) is 12.4 Å². The molecule has 2 atom stereocenters. The van der Waals surface area contributed by atoms with Gasteiger partial charge in [-0.25, -0.2) is 9.97 Å². The first-order chi connectivity index (χ1) is 11.3. The second-order valence-corrected chi connectivity index (χ2v) is 6.73. The summed E-state index contributed by atoms with van der Waals surface area (Å²) in [5, 5.41) is 8.92. The molecule has 0 bridgehead atoms. The molecule has 128 valence electrons. The molecule has 2 aliphatic rings. The van der Waals surface area contributed by atoms with Crippen LogP contribution in [0.5, 0.6) is 0 Å². The highest BCUT2D eigenvalue weighted by molar-refractivity contribution is 5.50. The minimum absolute atomic E-state index is 0.0846. The van der Waals surface area contributed by atoms with Crippen LogP contribution in [0.4, 0.5) is 11.6 Å². The van der Waals surface area contributed by atoms with Gasteiger partial charge in [0.1, 0.15) is 18.0 Å². The molecular weight excluding hydrogens is 292 g/mol. The molecule has 2 unspecified atom stereocenters. The topological polar surface area (TPSA) is 61.7 Å². The van der Waals surface area contributed by atoms with Gasteiger partial charge in [0.25, 0.3) is 0 Å². The molecule has 1 aromatic rings. The summed E-state index contributed by atoms with van der Waals surface area (Å²) in [7, 11) is 0. The number of aliphatic hydroxyl groups excluding tert-OH is 1. The quantitative estimate of drug-likeness (QED) is 0.891. The minimum atomic E-state index is 0.0846. The van der Waals surface area contributed by atoms with Crippen LogP contribution in [0.25, 0.3) is 0 Å². The van der Waals surface area contributed by atoms with Crippen LogP contribution in [0.1, 0.15) is 32.6 Å². The third kappa shape index (κ3) is 4.32. The van der Waals surface area contributed by atoms with Crippen LogP contribution < -0.4 is 9.80 Å². The van der Waals surface area contributed by atoms with E-state index in [0.29, 0.717) is 6.61 Å². The van der Waals surface area contributed by atoms with E-state index < -0.39 is 0 Å². The Balaban J connectivity index is 1.66. The third-order valence-corrected chi connectivity index (χ3v) is 4.77. The number of nitrogens with zero attached hydrogens (tertiary/aromatic N) is 4. The maximum atomic E-state index is 8.92. The van der Waals surface area contributed by atoms with Gasteiger partial charge >= 0.3 is 0 Å². The fourth-order valence-corrected chi connectivity index (χ4v) is 3.58. The fourth-order valence-electron chi connectivity index (χ4n) is 3.58. The zero-order valence-electron chi connectivity index (χ0n) is 14.0. The van der Waals surface area contributed by atoms with Crippen LogP contribution in [0.2, 0.25) is 0 Å². The zero-order valence-corrected chi connectivity index (χ0v) is 14.0. The third-order valence-electron chi connectivity index (χ3n) is 4.77. The van der Waals surface area contributed by atoms with Gasteiger partial charge in [0.05, 0.1) is 19.3 Å². The highest BCUT2D eigenvalue weighted by atomic mass is 16.5. The van der Waals surface area contributed by atoms with Crippen molar-refractivity contribution in [3.8, 4) is 0 Å². The van der Waals surface area contributed by atoms with E-state index in [1.165, 1.54) is 12.8 Å². The molecule has 0 aromatic carbocycles. The maximum absolute atomic E-state index is 8.92. The Morgan fingerprint density at radius 2 is 1.83 bits per heavy atom. The Morgan fingerprint density at radius 3 is 2.52 bits per heavy atom. The lowest BCUT2D eigenvalue weighted by atomic mass is 10.0. The summed E-state index contributed by atoms with van der Waals surface area (Å²) in [5.41, 5.74) is 0. The predicted octanol–water partition coefficient (Wildman–Crippen LogP) is 1.69. The van der Waals surface area contributed by atoms with Gasteiger partial charge < -0.3 is 19.6 Å². The molecule has 0 spiro atoms. The van der Waals surface area contributed by atoms with E-state index in [0.717, 1.165) is 56.6 Å². The standard InChI is InChI=1S/C17H28N4O2/c1-14-4-2-6-20(11-14)16-10-17(19-13-18-16)21-7-3-5-15(12-21)23-9-8-22/h10,13-15,22H,2-9,11-12H2,1H3. The van der Waals surface area contributed by atoms with Crippen molar-refractivity contribution in [2.45, 2.75) is 38.7 Å². The second-order valence-electron chi connectivity index (χ2n) is 6.73. The molecule has 2 aliphatic heterocycles. The molecule has 2 saturated heterocycles. The van der Waals surface area contributed by atoms with Gasteiger partial charge in [0.15, 0.2) is 0 Å². The Bertz CT molecular complexity index is 499. The first-order valence-electron chi connectivity index (χ1n) is 8.80. The number of hydrogen-bond acceptors (Lipinski definition) is 6. The summed E-state index contributed by atoms with van der Waals surface area (Å²) >= 11 is 0. The average Bonchev–Trinajstić information content (AvgIpc) is 2.60. The van der Waals surface area contributed by atoms with Gasteiger partial charge in [-0.15, -0.1) is 0 Å². The SMILES string of the molecule is CC1CCCN(c2cc(N3CCCC(OCCO)C3)ncn2)C1. The number of aromatic nitrogens is 2. The van der Waals surface area contributed by atoms with Crippen molar-refractivity contribution in [2.75, 3.05) is 49.2 Å². The first kappa shape index (κ1) is 16.5. The summed E-state index contributed by atoms with van der Waals surface area (Å²) in [4.78, 5) is 13.6. The molecule has 0 saturated carbocycles.